The van der Waals surface area contributed by atoms with Crippen molar-refractivity contribution in [3.63, 3.8) is 0 Å². The van der Waals surface area contributed by atoms with Crippen LogP contribution >= 0.6 is 0 Å². The molecule has 0 saturated heterocycles. The van der Waals surface area contributed by atoms with Gasteiger partial charge in [-0.3, -0.25) is 6.08 Å². The summed E-state index contributed by atoms with van der Waals surface area (Å²) in [6.07, 6.45) is 10.3. The normalized spacial score (nSPS) is 14.1. The van der Waals surface area contributed by atoms with E-state index < -0.39 is 0 Å². The zero-order valence-electron chi connectivity index (χ0n) is 17.4. The predicted octanol–water partition coefficient (Wildman–Crippen LogP) is 7.97. The van der Waals surface area contributed by atoms with Crippen LogP contribution in [0.2, 0.25) is 0 Å². The van der Waals surface area contributed by atoms with Gasteiger partial charge in [-0.05, 0) is 0 Å². The van der Waals surface area contributed by atoms with Crippen LogP contribution in [0.5, 0.6) is 0 Å². The van der Waals surface area contributed by atoms with Crippen LogP contribution in [0.4, 0.5) is 0 Å². The third kappa shape index (κ3) is 18.5. The minimum Gasteiger partial charge on any atom is -0.343 e. The standard InChI is InChI=1S/C10H15.3C4H9.Hf/c1-7-6-10(4,5)9(3)8(7)2;3*1-3-4-2;/h1-5H3;3*1,3-4H2,2H3;/q4*-1;+4. The van der Waals surface area contributed by atoms with Gasteiger partial charge in [0.15, 0.2) is 0 Å². The second kappa shape index (κ2) is 20.4. The summed E-state index contributed by atoms with van der Waals surface area (Å²) >= 11 is 0. The van der Waals surface area contributed by atoms with E-state index in [0.717, 1.165) is 19.3 Å². The van der Waals surface area contributed by atoms with E-state index in [0.29, 0.717) is 0 Å². The molecule has 0 spiro atoms. The maximum absolute atomic E-state index is 3.60. The fourth-order valence-corrected chi connectivity index (χ4v) is 1.41. The Hall–Kier alpha value is 0.350. The van der Waals surface area contributed by atoms with Gasteiger partial charge in [0, 0.05) is 0 Å². The molecule has 0 radical (unpaired) electrons. The van der Waals surface area contributed by atoms with Crippen molar-refractivity contribution in [3.8, 4) is 0 Å². The van der Waals surface area contributed by atoms with Crippen molar-refractivity contribution in [2.24, 2.45) is 5.41 Å². The van der Waals surface area contributed by atoms with Gasteiger partial charge in [0.05, 0.1) is 0 Å². The molecule has 0 heterocycles. The van der Waals surface area contributed by atoms with Crippen molar-refractivity contribution in [1.29, 1.82) is 0 Å². The Bertz CT molecular complexity index is 280. The third-order valence-electron chi connectivity index (χ3n) is 3.62. The third-order valence-corrected chi connectivity index (χ3v) is 3.62. The fraction of sp³-hybridized carbons (Fsp3) is 0.682. The Kier molecular flexibility index (Phi) is 27.6. The molecule has 0 fully saturated rings. The zero-order chi connectivity index (χ0) is 18.2. The molecule has 0 atom stereocenters. The van der Waals surface area contributed by atoms with Crippen LogP contribution in [0, 0.1) is 32.3 Å². The van der Waals surface area contributed by atoms with Crippen molar-refractivity contribution in [1.82, 2.24) is 0 Å². The van der Waals surface area contributed by atoms with E-state index in [1.165, 1.54) is 36.0 Å². The Morgan fingerprint density at radius 2 is 1.04 bits per heavy atom. The summed E-state index contributed by atoms with van der Waals surface area (Å²) in [5, 5.41) is 0. The average Bonchev–Trinajstić information content (AvgIpc) is 2.70. The second-order valence-corrected chi connectivity index (χ2v) is 6.19. The van der Waals surface area contributed by atoms with Crippen molar-refractivity contribution in [2.75, 3.05) is 0 Å². The number of rotatable bonds is 3. The topological polar surface area (TPSA) is 0 Å². The molecule has 0 aromatic carbocycles. The average molecular weight is 485 g/mol. The van der Waals surface area contributed by atoms with Crippen LogP contribution in [0.3, 0.4) is 0 Å². The molecule has 1 heteroatoms. The molecule has 1 aliphatic carbocycles. The molecule has 0 saturated carbocycles. The Labute approximate surface area is 168 Å². The molecule has 1 rings (SSSR count). The van der Waals surface area contributed by atoms with Crippen LogP contribution in [-0.2, 0) is 25.8 Å². The van der Waals surface area contributed by atoms with Crippen LogP contribution in [-0.4, -0.2) is 0 Å². The summed E-state index contributed by atoms with van der Waals surface area (Å²) in [5.41, 5.74) is 4.39. The molecule has 23 heavy (non-hydrogen) atoms. The quantitative estimate of drug-likeness (QED) is 0.281. The van der Waals surface area contributed by atoms with Crippen LogP contribution in [0.1, 0.15) is 93.9 Å². The monoisotopic (exact) mass is 486 g/mol. The fourth-order valence-electron chi connectivity index (χ4n) is 1.41. The van der Waals surface area contributed by atoms with E-state index in [2.05, 4.69) is 82.2 Å². The number of allylic oxidation sites excluding steroid dienone is 4. The van der Waals surface area contributed by atoms with Crippen LogP contribution < -0.4 is 0 Å². The first kappa shape index (κ1) is 31.2. The van der Waals surface area contributed by atoms with Gasteiger partial charge in [0.25, 0.3) is 0 Å². The van der Waals surface area contributed by atoms with E-state index >= 15 is 0 Å². The van der Waals surface area contributed by atoms with Gasteiger partial charge in [0.2, 0.25) is 0 Å². The van der Waals surface area contributed by atoms with Crippen LogP contribution in [0.15, 0.2) is 16.7 Å². The van der Waals surface area contributed by atoms with Gasteiger partial charge in [-0.15, -0.1) is 6.92 Å². The first-order chi connectivity index (χ1) is 10.2. The van der Waals surface area contributed by atoms with E-state index in [1.807, 2.05) is 0 Å². The van der Waals surface area contributed by atoms with Crippen LogP contribution in [0.25, 0.3) is 0 Å². The first-order valence-corrected chi connectivity index (χ1v) is 8.87. The van der Waals surface area contributed by atoms with Gasteiger partial charge >= 0.3 is 25.8 Å². The van der Waals surface area contributed by atoms with Crippen molar-refractivity contribution in [3.05, 3.63) is 43.6 Å². The molecule has 0 aliphatic heterocycles. The minimum atomic E-state index is 0. The smallest absolute Gasteiger partial charge is 0.343 e. The van der Waals surface area contributed by atoms with Crippen molar-refractivity contribution < 1.29 is 25.8 Å². The van der Waals surface area contributed by atoms with E-state index in [-0.39, 0.29) is 31.3 Å². The van der Waals surface area contributed by atoms with E-state index in [1.54, 1.807) is 0 Å². The Balaban J connectivity index is -0.000000118. The maximum atomic E-state index is 3.60. The Morgan fingerprint density at radius 1 is 0.783 bits per heavy atom. The van der Waals surface area contributed by atoms with Gasteiger partial charge in [-0.25, -0.2) is 5.57 Å². The first-order valence-electron chi connectivity index (χ1n) is 8.87. The molecular formula is C22H42Hf. The largest absolute Gasteiger partial charge is 4.00 e. The summed E-state index contributed by atoms with van der Waals surface area (Å²) in [6, 6.07) is 0. The molecule has 0 N–H and O–H groups in total. The summed E-state index contributed by atoms with van der Waals surface area (Å²) in [4.78, 5) is 0. The van der Waals surface area contributed by atoms with E-state index in [9.17, 15) is 0 Å². The molecule has 134 valence electrons. The molecule has 0 nitrogen and oxygen atoms in total. The molecular weight excluding hydrogens is 443 g/mol. The predicted molar refractivity (Wildman–Crippen MR) is 105 cm³/mol. The molecule has 0 aromatic heterocycles. The van der Waals surface area contributed by atoms with Gasteiger partial charge in [-0.1, -0.05) is 73.1 Å². The summed E-state index contributed by atoms with van der Waals surface area (Å²) in [7, 11) is 0. The second-order valence-electron chi connectivity index (χ2n) is 6.19. The maximum Gasteiger partial charge on any atom is 4.00 e. The van der Waals surface area contributed by atoms with Crippen molar-refractivity contribution >= 4 is 0 Å². The molecule has 0 amide bonds. The minimum absolute atomic E-state index is 0. The number of hydrogen-bond acceptors (Lipinski definition) is 0. The summed E-state index contributed by atoms with van der Waals surface area (Å²) in [5.74, 6) is 0. The van der Waals surface area contributed by atoms with Gasteiger partial charge in [-0.2, -0.15) is 30.4 Å². The molecule has 0 bridgehead atoms. The SMILES string of the molecule is CC1=[C-]C(C)(C)C(C)=C1C.[CH2-]CCC.[CH2-]CCC.[CH2-]CCC.[Hf+4]. The van der Waals surface area contributed by atoms with E-state index in [4.69, 9.17) is 0 Å². The Morgan fingerprint density at radius 3 is 1.09 bits per heavy atom. The zero-order valence-corrected chi connectivity index (χ0v) is 21.0. The van der Waals surface area contributed by atoms with Gasteiger partial charge < -0.3 is 20.8 Å². The summed E-state index contributed by atoms with van der Waals surface area (Å²) < 4.78 is 0. The molecule has 0 unspecified atom stereocenters. The number of unbranched alkanes of at least 4 members (excludes halogenated alkanes) is 3. The molecule has 0 aromatic rings. The summed E-state index contributed by atoms with van der Waals surface area (Å²) in [6.45, 7) is 28.1. The molecule has 1 aliphatic rings. The van der Waals surface area contributed by atoms with Crippen molar-refractivity contribution in [2.45, 2.75) is 93.9 Å². The number of hydrogen-bond donors (Lipinski definition) is 0. The van der Waals surface area contributed by atoms with Gasteiger partial charge in [0.1, 0.15) is 0 Å².